The van der Waals surface area contributed by atoms with Crippen LogP contribution in [0.5, 0.6) is 5.88 Å². The van der Waals surface area contributed by atoms with Gasteiger partial charge in [0, 0.05) is 5.39 Å². The Morgan fingerprint density at radius 2 is 1.71 bits per heavy atom. The number of para-hydroxylation sites is 1. The molecule has 31 heavy (non-hydrogen) atoms. The van der Waals surface area contributed by atoms with Crippen LogP contribution in [0.3, 0.4) is 0 Å². The number of carbonyl (C=O) groups is 2. The molecule has 0 bridgehead atoms. The van der Waals surface area contributed by atoms with Gasteiger partial charge in [-0.15, -0.1) is 0 Å². The van der Waals surface area contributed by atoms with Gasteiger partial charge in [0.25, 0.3) is 0 Å². The maximum absolute atomic E-state index is 13.6. The molecule has 2 aromatic carbocycles. The first-order valence-electron chi connectivity index (χ1n) is 9.59. The quantitative estimate of drug-likeness (QED) is 0.477. The number of methoxy groups -OCH3 is 2. The normalized spacial score (nSPS) is 15.0. The Morgan fingerprint density at radius 3 is 2.42 bits per heavy atom. The van der Waals surface area contributed by atoms with Crippen molar-refractivity contribution < 1.29 is 23.8 Å². The first-order chi connectivity index (χ1) is 15.1. The third kappa shape index (κ3) is 2.63. The first kappa shape index (κ1) is 18.9. The minimum Gasteiger partial charge on any atom is -0.466 e. The van der Waals surface area contributed by atoms with Crippen molar-refractivity contribution in [3.63, 3.8) is 0 Å². The molecule has 0 fully saturated rings. The molecule has 7 nitrogen and oxygen atoms in total. The van der Waals surface area contributed by atoms with Gasteiger partial charge < -0.3 is 14.2 Å². The Morgan fingerprint density at radius 1 is 0.935 bits per heavy atom. The summed E-state index contributed by atoms with van der Waals surface area (Å²) in [5.41, 5.74) is 1.32. The second kappa shape index (κ2) is 6.98. The largest absolute Gasteiger partial charge is 0.466 e. The second-order valence-electron chi connectivity index (χ2n) is 7.10. The number of nitrogens with zero attached hydrogens (tertiary/aromatic N) is 1. The molecule has 3 heterocycles. The third-order valence-corrected chi connectivity index (χ3v) is 5.49. The Bertz CT molecular complexity index is 1490. The van der Waals surface area contributed by atoms with Crippen molar-refractivity contribution in [2.45, 2.75) is 6.10 Å². The first-order valence-corrected chi connectivity index (χ1v) is 9.59. The fourth-order valence-electron chi connectivity index (χ4n) is 4.13. The number of benzene rings is 2. The standard InChI is InChI=1S/C24H17NO6/c1-29-23(27)18-16-12-11-14-9-6-10-15-19(14)25(16)22(31-21(18)24(28)30-2)17(20(15)26)13-7-4-3-5-8-13/h3-12,21H,1-2H3. The van der Waals surface area contributed by atoms with Crippen LogP contribution in [-0.4, -0.2) is 36.7 Å². The van der Waals surface area contributed by atoms with Gasteiger partial charge in [0.1, 0.15) is 5.57 Å². The molecule has 0 spiro atoms. The molecule has 1 aliphatic heterocycles. The van der Waals surface area contributed by atoms with Crippen LogP contribution >= 0.6 is 0 Å². The van der Waals surface area contributed by atoms with Gasteiger partial charge in [0.2, 0.25) is 17.4 Å². The van der Waals surface area contributed by atoms with Crippen molar-refractivity contribution in [3.8, 4) is 17.0 Å². The fourth-order valence-corrected chi connectivity index (χ4v) is 4.13. The lowest BCUT2D eigenvalue weighted by Crippen LogP contribution is -2.43. The molecule has 1 atom stereocenters. The minimum absolute atomic E-state index is 0.0107. The summed E-state index contributed by atoms with van der Waals surface area (Å²) in [4.78, 5) is 38.8. The van der Waals surface area contributed by atoms with Gasteiger partial charge in [-0.1, -0.05) is 48.5 Å². The Balaban J connectivity index is 2.06. The van der Waals surface area contributed by atoms with Crippen molar-refractivity contribution in [2.24, 2.45) is 0 Å². The van der Waals surface area contributed by atoms with Crippen molar-refractivity contribution in [1.29, 1.82) is 0 Å². The zero-order valence-electron chi connectivity index (χ0n) is 16.7. The summed E-state index contributed by atoms with van der Waals surface area (Å²) in [6, 6.07) is 18.0. The Hall–Kier alpha value is -4.13. The number of hydrogen-bond donors (Lipinski definition) is 0. The van der Waals surface area contributed by atoms with E-state index in [0.717, 1.165) is 5.39 Å². The van der Waals surface area contributed by atoms with Gasteiger partial charge in [0.15, 0.2) is 0 Å². The van der Waals surface area contributed by atoms with Crippen LogP contribution in [0.4, 0.5) is 0 Å². The minimum atomic E-state index is -1.37. The van der Waals surface area contributed by atoms with Crippen LogP contribution in [0.2, 0.25) is 0 Å². The molecule has 0 aliphatic carbocycles. The van der Waals surface area contributed by atoms with E-state index in [1.165, 1.54) is 14.2 Å². The number of hydrogen-bond acceptors (Lipinski definition) is 6. The van der Waals surface area contributed by atoms with Crippen molar-refractivity contribution in [1.82, 2.24) is 4.40 Å². The third-order valence-electron chi connectivity index (χ3n) is 5.49. The van der Waals surface area contributed by atoms with E-state index < -0.39 is 18.0 Å². The molecular formula is C24H17NO6. The average Bonchev–Trinajstić information content (AvgIpc) is 2.82. The molecule has 0 N–H and O–H groups in total. The highest BCUT2D eigenvalue weighted by molar-refractivity contribution is 6.17. The second-order valence-corrected chi connectivity index (χ2v) is 7.10. The predicted molar refractivity (Wildman–Crippen MR) is 114 cm³/mol. The Labute approximate surface area is 176 Å². The average molecular weight is 415 g/mol. The van der Waals surface area contributed by atoms with Gasteiger partial charge in [-0.2, -0.15) is 0 Å². The maximum Gasteiger partial charge on any atom is 0.352 e. The van der Waals surface area contributed by atoms with E-state index in [0.29, 0.717) is 27.4 Å². The Kier molecular flexibility index (Phi) is 4.25. The van der Waals surface area contributed by atoms with Gasteiger partial charge in [-0.3, -0.25) is 9.20 Å². The molecule has 7 heteroatoms. The predicted octanol–water partition coefficient (Wildman–Crippen LogP) is 2.10. The molecule has 4 aromatic rings. The lowest BCUT2D eigenvalue weighted by Gasteiger charge is -2.27. The molecular weight excluding hydrogens is 398 g/mol. The monoisotopic (exact) mass is 415 g/mol. The van der Waals surface area contributed by atoms with E-state index in [9.17, 15) is 14.4 Å². The molecule has 2 aromatic heterocycles. The van der Waals surface area contributed by atoms with Crippen LogP contribution in [0.1, 0.15) is 0 Å². The lowest BCUT2D eigenvalue weighted by molar-refractivity contribution is -0.148. The molecule has 0 saturated heterocycles. The summed E-state index contributed by atoms with van der Waals surface area (Å²) in [7, 11) is 2.44. The number of ether oxygens (including phenoxy) is 3. The molecule has 0 radical (unpaired) electrons. The van der Waals surface area contributed by atoms with E-state index >= 15 is 0 Å². The highest BCUT2D eigenvalue weighted by Gasteiger charge is 2.38. The summed E-state index contributed by atoms with van der Waals surface area (Å²) >= 11 is 0. The highest BCUT2D eigenvalue weighted by atomic mass is 16.6. The van der Waals surface area contributed by atoms with Crippen molar-refractivity contribution in [2.75, 3.05) is 14.2 Å². The van der Waals surface area contributed by atoms with E-state index in [1.54, 1.807) is 34.7 Å². The summed E-state index contributed by atoms with van der Waals surface area (Å²) in [6.07, 6.45) is -1.37. The molecule has 5 rings (SSSR count). The SMILES string of the molecule is COC(=O)C1=c2ccc3cccc4c(=O)c(-c5ccccc5)c(n2c34)OC1C(=O)OC. The molecule has 1 unspecified atom stereocenters. The zero-order chi connectivity index (χ0) is 21.7. The zero-order valence-corrected chi connectivity index (χ0v) is 16.7. The summed E-state index contributed by atoms with van der Waals surface area (Å²) in [5, 5.41) is 1.68. The molecule has 154 valence electrons. The van der Waals surface area contributed by atoms with Crippen LogP contribution in [-0.2, 0) is 19.1 Å². The van der Waals surface area contributed by atoms with E-state index in [-0.39, 0.29) is 16.9 Å². The van der Waals surface area contributed by atoms with Crippen LogP contribution in [0.15, 0.2) is 65.5 Å². The van der Waals surface area contributed by atoms with Gasteiger partial charge >= 0.3 is 11.9 Å². The van der Waals surface area contributed by atoms with E-state index in [4.69, 9.17) is 14.2 Å². The maximum atomic E-state index is 13.6. The van der Waals surface area contributed by atoms with Crippen LogP contribution < -0.4 is 15.5 Å². The number of carbonyl (C=O) groups excluding carboxylic acids is 2. The number of pyridine rings is 2. The number of aromatic nitrogens is 1. The topological polar surface area (TPSA) is 83.3 Å². The fraction of sp³-hybridized carbons (Fsp3) is 0.125. The van der Waals surface area contributed by atoms with Crippen LogP contribution in [0.25, 0.3) is 33.0 Å². The molecule has 0 amide bonds. The summed E-state index contributed by atoms with van der Waals surface area (Å²) in [6.45, 7) is 0. The summed E-state index contributed by atoms with van der Waals surface area (Å²) < 4.78 is 17.6. The van der Waals surface area contributed by atoms with Gasteiger partial charge in [0.05, 0.1) is 30.6 Å². The molecule has 1 aliphatic rings. The van der Waals surface area contributed by atoms with Gasteiger partial charge in [-0.05, 0) is 23.1 Å². The number of esters is 2. The summed E-state index contributed by atoms with van der Waals surface area (Å²) in [5.74, 6) is -1.30. The van der Waals surface area contributed by atoms with Gasteiger partial charge in [-0.25, -0.2) is 9.59 Å². The van der Waals surface area contributed by atoms with E-state index in [2.05, 4.69) is 0 Å². The highest BCUT2D eigenvalue weighted by Crippen LogP contribution is 2.34. The van der Waals surface area contributed by atoms with Crippen molar-refractivity contribution in [3.05, 3.63) is 76.2 Å². The van der Waals surface area contributed by atoms with Crippen molar-refractivity contribution >= 4 is 33.8 Å². The molecule has 0 saturated carbocycles. The smallest absolute Gasteiger partial charge is 0.352 e. The lowest BCUT2D eigenvalue weighted by atomic mass is 9.99. The van der Waals surface area contributed by atoms with E-state index in [1.807, 2.05) is 30.3 Å². The number of rotatable bonds is 3. The van der Waals surface area contributed by atoms with Crippen LogP contribution in [0, 0.1) is 0 Å².